The Morgan fingerprint density at radius 1 is 1.27 bits per heavy atom. The molecule has 2 nitrogen and oxygen atoms in total. The monoisotopic (exact) mass is 205 g/mol. The average molecular weight is 205 g/mol. The molecule has 2 rings (SSSR count). The highest BCUT2D eigenvalue weighted by Crippen LogP contribution is 2.29. The molecule has 1 unspecified atom stereocenters. The molecule has 0 radical (unpaired) electrons. The molecule has 82 valence electrons. The van der Waals surface area contributed by atoms with Gasteiger partial charge in [0.25, 0.3) is 0 Å². The zero-order valence-electron chi connectivity index (χ0n) is 9.53. The van der Waals surface area contributed by atoms with Crippen molar-refractivity contribution in [2.75, 3.05) is 18.0 Å². The molecule has 1 N–H and O–H groups in total. The molecule has 1 aliphatic heterocycles. The molecular formula is C13H19NO. The van der Waals surface area contributed by atoms with Crippen LogP contribution < -0.4 is 4.90 Å². The van der Waals surface area contributed by atoms with Crippen LogP contribution >= 0.6 is 0 Å². The van der Waals surface area contributed by atoms with Crippen molar-refractivity contribution in [3.05, 3.63) is 29.3 Å². The molecule has 0 aromatic heterocycles. The van der Waals surface area contributed by atoms with E-state index in [1.54, 1.807) is 0 Å². The largest absolute Gasteiger partial charge is 0.389 e. The van der Waals surface area contributed by atoms with E-state index < -0.39 is 0 Å². The Balaban J connectivity index is 2.36. The highest BCUT2D eigenvalue weighted by atomic mass is 16.3. The summed E-state index contributed by atoms with van der Waals surface area (Å²) in [5.74, 6) is 0. The van der Waals surface area contributed by atoms with Crippen LogP contribution in [0.1, 0.15) is 37.0 Å². The summed E-state index contributed by atoms with van der Waals surface area (Å²) in [6.45, 7) is 6.17. The van der Waals surface area contributed by atoms with Crippen molar-refractivity contribution in [2.24, 2.45) is 0 Å². The number of aliphatic hydroxyl groups is 1. The lowest BCUT2D eigenvalue weighted by atomic mass is 10.0. The van der Waals surface area contributed by atoms with Crippen LogP contribution in [0.3, 0.4) is 0 Å². The molecule has 0 spiro atoms. The molecule has 0 saturated carbocycles. The van der Waals surface area contributed by atoms with Crippen LogP contribution in [0.5, 0.6) is 0 Å². The predicted octanol–water partition coefficient (Wildman–Crippen LogP) is 2.65. The predicted molar refractivity (Wildman–Crippen MR) is 63.3 cm³/mol. The Hall–Kier alpha value is -1.02. The number of aliphatic hydroxyl groups excluding tert-OH is 1. The zero-order chi connectivity index (χ0) is 10.8. The number of nitrogens with zero attached hydrogens (tertiary/aromatic N) is 1. The molecule has 1 aromatic rings. The van der Waals surface area contributed by atoms with Crippen LogP contribution in [0.25, 0.3) is 0 Å². The fraction of sp³-hybridized carbons (Fsp3) is 0.538. The molecule has 1 fully saturated rings. The fourth-order valence-corrected chi connectivity index (χ4v) is 2.25. The number of rotatable bonds is 2. The van der Waals surface area contributed by atoms with E-state index in [1.807, 2.05) is 6.92 Å². The summed E-state index contributed by atoms with van der Waals surface area (Å²) in [7, 11) is 0. The standard InChI is InChI=1S/C13H19NO/c1-10-5-6-13(12(9-10)11(2)15)14-7-3-4-8-14/h5-6,9,11,15H,3-4,7-8H2,1-2H3. The van der Waals surface area contributed by atoms with Crippen LogP contribution in [0.4, 0.5) is 5.69 Å². The highest BCUT2D eigenvalue weighted by Gasteiger charge is 2.17. The van der Waals surface area contributed by atoms with E-state index in [0.29, 0.717) is 0 Å². The van der Waals surface area contributed by atoms with Gasteiger partial charge in [-0.2, -0.15) is 0 Å². The van der Waals surface area contributed by atoms with E-state index in [2.05, 4.69) is 30.0 Å². The van der Waals surface area contributed by atoms with Crippen LogP contribution in [-0.2, 0) is 0 Å². The first-order valence-corrected chi connectivity index (χ1v) is 5.72. The highest BCUT2D eigenvalue weighted by molar-refractivity contribution is 5.56. The van der Waals surface area contributed by atoms with Gasteiger partial charge in [-0.3, -0.25) is 0 Å². The Kier molecular flexibility index (Phi) is 2.96. The van der Waals surface area contributed by atoms with Gasteiger partial charge in [-0.05, 0) is 32.8 Å². The van der Waals surface area contributed by atoms with E-state index in [-0.39, 0.29) is 6.10 Å². The van der Waals surface area contributed by atoms with E-state index in [0.717, 1.165) is 18.7 Å². The summed E-state index contributed by atoms with van der Waals surface area (Å²) in [6, 6.07) is 6.36. The first-order chi connectivity index (χ1) is 7.18. The molecule has 1 atom stereocenters. The normalized spacial score (nSPS) is 18.2. The molecule has 1 saturated heterocycles. The Morgan fingerprint density at radius 3 is 2.53 bits per heavy atom. The Labute approximate surface area is 91.5 Å². The van der Waals surface area contributed by atoms with Gasteiger partial charge in [-0.15, -0.1) is 0 Å². The van der Waals surface area contributed by atoms with Gasteiger partial charge in [0.05, 0.1) is 6.10 Å². The van der Waals surface area contributed by atoms with Crippen molar-refractivity contribution in [3.63, 3.8) is 0 Å². The maximum atomic E-state index is 9.76. The molecular weight excluding hydrogens is 186 g/mol. The van der Waals surface area contributed by atoms with E-state index in [1.165, 1.54) is 24.1 Å². The van der Waals surface area contributed by atoms with Crippen LogP contribution in [0.2, 0.25) is 0 Å². The minimum atomic E-state index is -0.375. The summed E-state index contributed by atoms with van der Waals surface area (Å²) < 4.78 is 0. The van der Waals surface area contributed by atoms with Gasteiger partial charge in [0.2, 0.25) is 0 Å². The molecule has 2 heteroatoms. The minimum Gasteiger partial charge on any atom is -0.389 e. The third-order valence-corrected chi connectivity index (χ3v) is 3.08. The molecule has 1 aliphatic rings. The van der Waals surface area contributed by atoms with Gasteiger partial charge in [-0.25, -0.2) is 0 Å². The smallest absolute Gasteiger partial charge is 0.0782 e. The van der Waals surface area contributed by atoms with Gasteiger partial charge in [0.15, 0.2) is 0 Å². The quantitative estimate of drug-likeness (QED) is 0.802. The van der Waals surface area contributed by atoms with Crippen molar-refractivity contribution in [1.82, 2.24) is 0 Å². The summed E-state index contributed by atoms with van der Waals surface area (Å²) >= 11 is 0. The van der Waals surface area contributed by atoms with Crippen molar-refractivity contribution in [1.29, 1.82) is 0 Å². The maximum absolute atomic E-state index is 9.76. The van der Waals surface area contributed by atoms with Crippen LogP contribution in [0, 0.1) is 6.92 Å². The third kappa shape index (κ3) is 2.15. The van der Waals surface area contributed by atoms with Gasteiger partial charge in [-0.1, -0.05) is 17.7 Å². The van der Waals surface area contributed by atoms with Gasteiger partial charge >= 0.3 is 0 Å². The number of hydrogen-bond acceptors (Lipinski definition) is 2. The van der Waals surface area contributed by atoms with Gasteiger partial charge < -0.3 is 10.0 Å². The first-order valence-electron chi connectivity index (χ1n) is 5.72. The molecule has 0 amide bonds. The lowest BCUT2D eigenvalue weighted by Crippen LogP contribution is -2.19. The second-order valence-electron chi connectivity index (χ2n) is 4.43. The second kappa shape index (κ2) is 4.23. The number of hydrogen-bond donors (Lipinski definition) is 1. The minimum absolute atomic E-state index is 0.375. The SMILES string of the molecule is Cc1ccc(N2CCCC2)c(C(C)O)c1. The fourth-order valence-electron chi connectivity index (χ4n) is 2.25. The van der Waals surface area contributed by atoms with Gasteiger partial charge in [0.1, 0.15) is 0 Å². The lowest BCUT2D eigenvalue weighted by Gasteiger charge is -2.23. The molecule has 0 bridgehead atoms. The summed E-state index contributed by atoms with van der Waals surface area (Å²) in [5.41, 5.74) is 3.50. The molecule has 1 aromatic carbocycles. The van der Waals surface area contributed by atoms with E-state index in [9.17, 15) is 5.11 Å². The summed E-state index contributed by atoms with van der Waals surface area (Å²) in [4.78, 5) is 2.38. The van der Waals surface area contributed by atoms with Crippen molar-refractivity contribution in [3.8, 4) is 0 Å². The zero-order valence-corrected chi connectivity index (χ0v) is 9.53. The average Bonchev–Trinajstić information content (AvgIpc) is 2.70. The Bertz CT molecular complexity index is 340. The van der Waals surface area contributed by atoms with Crippen LogP contribution in [-0.4, -0.2) is 18.2 Å². The topological polar surface area (TPSA) is 23.5 Å². The number of anilines is 1. The van der Waals surface area contributed by atoms with Crippen molar-refractivity contribution in [2.45, 2.75) is 32.8 Å². The maximum Gasteiger partial charge on any atom is 0.0782 e. The molecule has 15 heavy (non-hydrogen) atoms. The Morgan fingerprint density at radius 2 is 1.93 bits per heavy atom. The van der Waals surface area contributed by atoms with Gasteiger partial charge in [0, 0.05) is 24.3 Å². The van der Waals surface area contributed by atoms with E-state index >= 15 is 0 Å². The lowest BCUT2D eigenvalue weighted by molar-refractivity contribution is 0.199. The van der Waals surface area contributed by atoms with E-state index in [4.69, 9.17) is 0 Å². The first kappa shape index (κ1) is 10.5. The summed E-state index contributed by atoms with van der Waals surface area (Å²) in [6.07, 6.45) is 2.17. The summed E-state index contributed by atoms with van der Waals surface area (Å²) in [5, 5.41) is 9.76. The number of aryl methyl sites for hydroxylation is 1. The van der Waals surface area contributed by atoms with Crippen molar-refractivity contribution >= 4 is 5.69 Å². The van der Waals surface area contributed by atoms with Crippen molar-refractivity contribution < 1.29 is 5.11 Å². The molecule has 0 aliphatic carbocycles. The third-order valence-electron chi connectivity index (χ3n) is 3.08. The number of benzene rings is 1. The molecule has 1 heterocycles. The van der Waals surface area contributed by atoms with Crippen LogP contribution in [0.15, 0.2) is 18.2 Å². The second-order valence-corrected chi connectivity index (χ2v) is 4.43.